The molecule has 0 N–H and O–H groups in total. The summed E-state index contributed by atoms with van der Waals surface area (Å²) in [4.78, 5) is 19.7. The smallest absolute Gasteiger partial charge is 0.267 e. The van der Waals surface area contributed by atoms with Crippen LogP contribution in [0.2, 0.25) is 0 Å². The fourth-order valence-corrected chi connectivity index (χ4v) is 4.14. The highest BCUT2D eigenvalue weighted by atomic mass is 32.1. The Balaban J connectivity index is 1.64. The number of benzene rings is 3. The normalized spacial score (nSPS) is 10.8. The van der Waals surface area contributed by atoms with Crippen molar-refractivity contribution >= 4 is 32.6 Å². The Morgan fingerprint density at radius 1 is 0.966 bits per heavy atom. The highest BCUT2D eigenvalue weighted by molar-refractivity contribution is 7.22. The van der Waals surface area contributed by atoms with Crippen molar-refractivity contribution < 1.29 is 9.53 Å². The first kappa shape index (κ1) is 19.2. The first-order valence-electron chi connectivity index (χ1n) is 9.50. The number of thiazole rings is 1. The van der Waals surface area contributed by atoms with Gasteiger partial charge in [0, 0.05) is 0 Å². The van der Waals surface area contributed by atoms with Gasteiger partial charge in [0.2, 0.25) is 0 Å². The van der Waals surface area contributed by atoms with Gasteiger partial charge in [0.25, 0.3) is 5.91 Å². The quantitative estimate of drug-likeness (QED) is 0.426. The number of carbonyl (C=O) groups is 1. The first-order valence-corrected chi connectivity index (χ1v) is 10.3. The molecule has 0 unspecified atom stereocenters. The summed E-state index contributed by atoms with van der Waals surface area (Å²) in [6.07, 6.45) is 0. The lowest BCUT2D eigenvalue weighted by Crippen LogP contribution is -2.34. The van der Waals surface area contributed by atoms with E-state index in [0.29, 0.717) is 17.4 Å². The molecule has 0 aliphatic carbocycles. The molecule has 0 atom stereocenters. The molecule has 0 radical (unpaired) electrons. The lowest BCUT2D eigenvalue weighted by Gasteiger charge is -2.20. The number of anilines is 1. The van der Waals surface area contributed by atoms with Gasteiger partial charge in [-0.15, -0.1) is 0 Å². The Morgan fingerprint density at radius 3 is 2.38 bits per heavy atom. The van der Waals surface area contributed by atoms with Crippen LogP contribution in [0.15, 0.2) is 72.8 Å². The van der Waals surface area contributed by atoms with Crippen LogP contribution < -0.4 is 9.64 Å². The van der Waals surface area contributed by atoms with Crippen LogP contribution in [0.3, 0.4) is 0 Å². The number of hydrogen-bond donors (Lipinski definition) is 0. The van der Waals surface area contributed by atoms with E-state index in [1.807, 2.05) is 60.7 Å². The monoisotopic (exact) mass is 402 g/mol. The van der Waals surface area contributed by atoms with Crippen molar-refractivity contribution in [2.45, 2.75) is 20.4 Å². The summed E-state index contributed by atoms with van der Waals surface area (Å²) in [5.74, 6) is 0.558. The molecule has 0 bridgehead atoms. The topological polar surface area (TPSA) is 42.4 Å². The molecule has 0 aliphatic heterocycles. The van der Waals surface area contributed by atoms with E-state index in [1.54, 1.807) is 4.90 Å². The molecule has 3 aromatic carbocycles. The van der Waals surface area contributed by atoms with E-state index in [9.17, 15) is 4.79 Å². The van der Waals surface area contributed by atoms with E-state index in [2.05, 4.69) is 26.0 Å². The van der Waals surface area contributed by atoms with Crippen LogP contribution in [0.25, 0.3) is 10.2 Å². The van der Waals surface area contributed by atoms with E-state index < -0.39 is 0 Å². The van der Waals surface area contributed by atoms with Gasteiger partial charge in [0.05, 0.1) is 16.8 Å². The second-order valence-corrected chi connectivity index (χ2v) is 7.93. The van der Waals surface area contributed by atoms with E-state index in [-0.39, 0.29) is 12.5 Å². The second kappa shape index (κ2) is 8.45. The molecule has 1 amide bonds. The minimum atomic E-state index is -0.119. The molecule has 4 nitrogen and oxygen atoms in total. The van der Waals surface area contributed by atoms with E-state index in [0.717, 1.165) is 21.3 Å². The Hall–Kier alpha value is -3.18. The van der Waals surface area contributed by atoms with E-state index in [4.69, 9.17) is 9.72 Å². The molecule has 29 heavy (non-hydrogen) atoms. The summed E-state index contributed by atoms with van der Waals surface area (Å²) in [7, 11) is 0. The van der Waals surface area contributed by atoms with Crippen molar-refractivity contribution in [1.29, 1.82) is 0 Å². The van der Waals surface area contributed by atoms with Crippen LogP contribution >= 0.6 is 11.3 Å². The lowest BCUT2D eigenvalue weighted by molar-refractivity contribution is -0.120. The highest BCUT2D eigenvalue weighted by Crippen LogP contribution is 2.32. The maximum Gasteiger partial charge on any atom is 0.267 e. The highest BCUT2D eigenvalue weighted by Gasteiger charge is 2.21. The van der Waals surface area contributed by atoms with Crippen molar-refractivity contribution in [3.63, 3.8) is 0 Å². The zero-order chi connectivity index (χ0) is 20.2. The Morgan fingerprint density at radius 2 is 1.66 bits per heavy atom. The molecular weight excluding hydrogens is 380 g/mol. The van der Waals surface area contributed by atoms with Crippen LogP contribution in [0.1, 0.15) is 16.7 Å². The third kappa shape index (κ3) is 4.30. The second-order valence-electron chi connectivity index (χ2n) is 6.92. The largest absolute Gasteiger partial charge is 0.484 e. The summed E-state index contributed by atoms with van der Waals surface area (Å²) < 4.78 is 6.79. The number of hydrogen-bond acceptors (Lipinski definition) is 4. The lowest BCUT2D eigenvalue weighted by atomic mass is 10.1. The molecule has 0 saturated heterocycles. The van der Waals surface area contributed by atoms with E-state index in [1.165, 1.54) is 16.9 Å². The number of fused-ring (bicyclic) bond motifs is 1. The number of amides is 1. The molecule has 0 spiro atoms. The van der Waals surface area contributed by atoms with Gasteiger partial charge in [0.15, 0.2) is 11.7 Å². The SMILES string of the molecule is Cc1ccc2sc(N(Cc3ccccc3)C(=O)COc3ccccc3)nc2c1C. The van der Waals surface area contributed by atoms with Crippen LogP contribution in [0, 0.1) is 13.8 Å². The van der Waals surface area contributed by atoms with Gasteiger partial charge in [0.1, 0.15) is 5.75 Å². The van der Waals surface area contributed by atoms with Gasteiger partial charge in [-0.05, 0) is 48.7 Å². The van der Waals surface area contributed by atoms with Gasteiger partial charge in [-0.3, -0.25) is 9.69 Å². The number of nitrogens with zero attached hydrogens (tertiary/aromatic N) is 2. The van der Waals surface area contributed by atoms with Gasteiger partial charge < -0.3 is 4.74 Å². The Kier molecular flexibility index (Phi) is 5.58. The van der Waals surface area contributed by atoms with Gasteiger partial charge in [-0.2, -0.15) is 0 Å². The molecule has 0 fully saturated rings. The van der Waals surface area contributed by atoms with Gasteiger partial charge in [-0.25, -0.2) is 4.98 Å². The molecule has 4 aromatic rings. The number of rotatable bonds is 6. The summed E-state index contributed by atoms with van der Waals surface area (Å²) in [6, 6.07) is 23.5. The van der Waals surface area contributed by atoms with Crippen LogP contribution in [0.5, 0.6) is 5.75 Å². The van der Waals surface area contributed by atoms with Gasteiger partial charge >= 0.3 is 0 Å². The van der Waals surface area contributed by atoms with Gasteiger partial charge in [-0.1, -0.05) is 65.9 Å². The maximum atomic E-state index is 13.1. The molecule has 0 saturated carbocycles. The molecule has 4 rings (SSSR count). The predicted octanol–water partition coefficient (Wildman–Crippen LogP) is 5.53. The minimum Gasteiger partial charge on any atom is -0.484 e. The fourth-order valence-electron chi connectivity index (χ4n) is 3.10. The van der Waals surface area contributed by atoms with Crippen LogP contribution in [-0.4, -0.2) is 17.5 Å². The number of aryl methyl sites for hydroxylation is 2. The number of para-hydroxylation sites is 1. The molecule has 146 valence electrons. The Labute approximate surface area is 174 Å². The zero-order valence-electron chi connectivity index (χ0n) is 16.5. The molecule has 1 aromatic heterocycles. The zero-order valence-corrected chi connectivity index (χ0v) is 17.3. The number of aromatic nitrogens is 1. The predicted molar refractivity (Wildman–Crippen MR) is 119 cm³/mol. The minimum absolute atomic E-state index is 0.0369. The average molecular weight is 403 g/mol. The van der Waals surface area contributed by atoms with Crippen molar-refractivity contribution in [3.8, 4) is 5.75 Å². The first-order chi connectivity index (χ1) is 14.1. The standard InChI is InChI=1S/C24H22N2O2S/c1-17-13-14-21-23(18(17)2)25-24(29-21)26(15-19-9-5-3-6-10-19)22(27)16-28-20-11-7-4-8-12-20/h3-14H,15-16H2,1-2H3. The maximum absolute atomic E-state index is 13.1. The van der Waals surface area contributed by atoms with E-state index >= 15 is 0 Å². The fraction of sp³-hybridized carbons (Fsp3) is 0.167. The van der Waals surface area contributed by atoms with Crippen molar-refractivity contribution in [1.82, 2.24) is 4.98 Å². The third-order valence-electron chi connectivity index (χ3n) is 4.89. The summed E-state index contributed by atoms with van der Waals surface area (Å²) in [6.45, 7) is 4.57. The summed E-state index contributed by atoms with van der Waals surface area (Å²) in [5, 5.41) is 0.694. The molecular formula is C24H22N2O2S. The van der Waals surface area contributed by atoms with Crippen molar-refractivity contribution in [2.75, 3.05) is 11.5 Å². The van der Waals surface area contributed by atoms with Crippen molar-refractivity contribution in [3.05, 3.63) is 89.5 Å². The number of carbonyl (C=O) groups excluding carboxylic acids is 1. The average Bonchev–Trinajstić information content (AvgIpc) is 3.19. The van der Waals surface area contributed by atoms with Crippen molar-refractivity contribution in [2.24, 2.45) is 0 Å². The summed E-state index contributed by atoms with van der Waals surface area (Å²) >= 11 is 1.54. The Bertz CT molecular complexity index is 1120. The third-order valence-corrected chi connectivity index (χ3v) is 5.94. The molecule has 5 heteroatoms. The molecule has 1 heterocycles. The van der Waals surface area contributed by atoms with Crippen LogP contribution in [-0.2, 0) is 11.3 Å². The summed E-state index contributed by atoms with van der Waals surface area (Å²) in [5.41, 5.74) is 4.35. The molecule has 0 aliphatic rings. The number of ether oxygens (including phenoxy) is 1. The van der Waals surface area contributed by atoms with Crippen LogP contribution in [0.4, 0.5) is 5.13 Å².